The highest BCUT2D eigenvalue weighted by Gasteiger charge is 2.31. The number of ether oxygens (including phenoxy) is 1. The molecule has 2 aromatic carbocycles. The van der Waals surface area contributed by atoms with E-state index >= 15 is 0 Å². The minimum absolute atomic E-state index is 0.276. The molecule has 0 bridgehead atoms. The van der Waals surface area contributed by atoms with Crippen molar-refractivity contribution in [1.82, 2.24) is 4.90 Å². The summed E-state index contributed by atoms with van der Waals surface area (Å²) in [5.74, 6) is -1.18. The van der Waals surface area contributed by atoms with E-state index in [2.05, 4.69) is 0 Å². The number of nitrogens with zero attached hydrogens (tertiary/aromatic N) is 1. The van der Waals surface area contributed by atoms with E-state index in [-0.39, 0.29) is 17.7 Å². The Hall–Kier alpha value is -2.31. The van der Waals surface area contributed by atoms with Gasteiger partial charge in [0.2, 0.25) is 5.91 Å². The molecule has 4 nitrogen and oxygen atoms in total. The summed E-state index contributed by atoms with van der Waals surface area (Å²) >= 11 is 0. The SMILES string of the molecule is NC(=O)[C@@H](c1ccc(F)cc1)N1CCO[C@@H](c2ccc(F)cc2)C1. The predicted molar refractivity (Wildman–Crippen MR) is 85.0 cm³/mol. The summed E-state index contributed by atoms with van der Waals surface area (Å²) in [4.78, 5) is 13.9. The predicted octanol–water partition coefficient (Wildman–Crippen LogP) is 2.56. The lowest BCUT2D eigenvalue weighted by Gasteiger charge is -2.37. The molecule has 0 spiro atoms. The smallest absolute Gasteiger partial charge is 0.239 e. The zero-order valence-electron chi connectivity index (χ0n) is 13.0. The van der Waals surface area contributed by atoms with Gasteiger partial charge in [-0.05, 0) is 35.4 Å². The lowest BCUT2D eigenvalue weighted by atomic mass is 10.0. The van der Waals surface area contributed by atoms with E-state index in [1.165, 1.54) is 24.3 Å². The molecular weight excluding hydrogens is 314 g/mol. The van der Waals surface area contributed by atoms with Crippen molar-refractivity contribution in [2.75, 3.05) is 19.7 Å². The Bertz CT molecular complexity index is 704. The molecule has 1 amide bonds. The molecule has 0 aliphatic carbocycles. The molecule has 2 atom stereocenters. The summed E-state index contributed by atoms with van der Waals surface area (Å²) in [6.07, 6.45) is -0.276. The summed E-state index contributed by atoms with van der Waals surface area (Å²) in [7, 11) is 0. The number of carbonyl (C=O) groups is 1. The summed E-state index contributed by atoms with van der Waals surface area (Å²) in [5, 5.41) is 0. The third-order valence-corrected chi connectivity index (χ3v) is 4.16. The maximum Gasteiger partial charge on any atom is 0.239 e. The molecule has 24 heavy (non-hydrogen) atoms. The molecular formula is C18H18F2N2O2. The molecule has 0 radical (unpaired) electrons. The molecule has 2 aromatic rings. The Balaban J connectivity index is 1.82. The number of hydrogen-bond acceptors (Lipinski definition) is 3. The number of benzene rings is 2. The lowest BCUT2D eigenvalue weighted by molar-refractivity contribution is -0.127. The van der Waals surface area contributed by atoms with E-state index in [1.807, 2.05) is 4.90 Å². The zero-order valence-corrected chi connectivity index (χ0v) is 13.0. The van der Waals surface area contributed by atoms with Crippen LogP contribution in [-0.2, 0) is 9.53 Å². The second-order valence-electron chi connectivity index (χ2n) is 5.76. The van der Waals surface area contributed by atoms with E-state index < -0.39 is 11.9 Å². The molecule has 0 unspecified atom stereocenters. The number of morpholine rings is 1. The highest BCUT2D eigenvalue weighted by Crippen LogP contribution is 2.29. The molecule has 1 saturated heterocycles. The van der Waals surface area contributed by atoms with E-state index in [0.717, 1.165) is 5.56 Å². The number of carbonyl (C=O) groups excluding carboxylic acids is 1. The fraction of sp³-hybridized carbons (Fsp3) is 0.278. The number of hydrogen-bond donors (Lipinski definition) is 1. The summed E-state index contributed by atoms with van der Waals surface area (Å²) in [6.45, 7) is 1.40. The maximum absolute atomic E-state index is 13.1. The lowest BCUT2D eigenvalue weighted by Crippen LogP contribution is -2.45. The van der Waals surface area contributed by atoms with Crippen LogP contribution in [0.1, 0.15) is 23.3 Å². The third kappa shape index (κ3) is 3.60. The van der Waals surface area contributed by atoms with Gasteiger partial charge in [-0.1, -0.05) is 24.3 Å². The normalized spacial score (nSPS) is 19.8. The van der Waals surface area contributed by atoms with Crippen molar-refractivity contribution in [3.63, 3.8) is 0 Å². The molecule has 6 heteroatoms. The van der Waals surface area contributed by atoms with Gasteiger partial charge in [-0.2, -0.15) is 0 Å². The number of halogens is 2. The number of amides is 1. The highest BCUT2D eigenvalue weighted by atomic mass is 19.1. The summed E-state index contributed by atoms with van der Waals surface area (Å²) < 4.78 is 31.9. The van der Waals surface area contributed by atoms with Crippen molar-refractivity contribution in [2.24, 2.45) is 5.73 Å². The van der Waals surface area contributed by atoms with E-state index in [1.54, 1.807) is 24.3 Å². The average molecular weight is 332 g/mol. The molecule has 0 saturated carbocycles. The van der Waals surface area contributed by atoms with Gasteiger partial charge in [-0.15, -0.1) is 0 Å². The third-order valence-electron chi connectivity index (χ3n) is 4.16. The van der Waals surface area contributed by atoms with E-state index in [9.17, 15) is 13.6 Å². The Morgan fingerprint density at radius 2 is 1.67 bits per heavy atom. The van der Waals surface area contributed by atoms with Crippen LogP contribution in [0.2, 0.25) is 0 Å². The van der Waals surface area contributed by atoms with Gasteiger partial charge in [0.1, 0.15) is 17.7 Å². The Morgan fingerprint density at radius 3 is 2.25 bits per heavy atom. The van der Waals surface area contributed by atoms with Crippen molar-refractivity contribution in [1.29, 1.82) is 0 Å². The van der Waals surface area contributed by atoms with Crippen LogP contribution in [0.15, 0.2) is 48.5 Å². The van der Waals surface area contributed by atoms with Crippen LogP contribution in [0.5, 0.6) is 0 Å². The number of nitrogens with two attached hydrogens (primary N) is 1. The topological polar surface area (TPSA) is 55.6 Å². The van der Waals surface area contributed by atoms with Gasteiger partial charge in [0.25, 0.3) is 0 Å². The second kappa shape index (κ2) is 7.07. The maximum atomic E-state index is 13.1. The van der Waals surface area contributed by atoms with Crippen LogP contribution in [0.25, 0.3) is 0 Å². The van der Waals surface area contributed by atoms with Gasteiger partial charge >= 0.3 is 0 Å². The Morgan fingerprint density at radius 1 is 1.08 bits per heavy atom. The van der Waals surface area contributed by atoms with Crippen molar-refractivity contribution >= 4 is 5.91 Å². The second-order valence-corrected chi connectivity index (χ2v) is 5.76. The molecule has 1 aliphatic heterocycles. The summed E-state index contributed by atoms with van der Waals surface area (Å²) in [5.41, 5.74) is 7.06. The molecule has 1 heterocycles. The fourth-order valence-electron chi connectivity index (χ4n) is 2.98. The van der Waals surface area contributed by atoms with Gasteiger partial charge in [0, 0.05) is 13.1 Å². The van der Waals surface area contributed by atoms with Crippen LogP contribution in [0.3, 0.4) is 0 Å². The van der Waals surface area contributed by atoms with Gasteiger partial charge in [-0.25, -0.2) is 8.78 Å². The minimum Gasteiger partial charge on any atom is -0.371 e. The average Bonchev–Trinajstić information content (AvgIpc) is 2.57. The van der Waals surface area contributed by atoms with Gasteiger partial charge < -0.3 is 10.5 Å². The van der Waals surface area contributed by atoms with Gasteiger partial charge in [-0.3, -0.25) is 9.69 Å². The van der Waals surface area contributed by atoms with Crippen molar-refractivity contribution in [3.05, 3.63) is 71.3 Å². The largest absolute Gasteiger partial charge is 0.371 e. The van der Waals surface area contributed by atoms with Crippen molar-refractivity contribution in [2.45, 2.75) is 12.1 Å². The first-order valence-corrected chi connectivity index (χ1v) is 7.70. The molecule has 0 aromatic heterocycles. The van der Waals surface area contributed by atoms with Crippen LogP contribution in [0, 0.1) is 11.6 Å². The molecule has 126 valence electrons. The highest BCUT2D eigenvalue weighted by molar-refractivity contribution is 5.81. The van der Waals surface area contributed by atoms with Crippen LogP contribution < -0.4 is 5.73 Å². The number of primary amides is 1. The first kappa shape index (κ1) is 16.5. The van der Waals surface area contributed by atoms with Crippen molar-refractivity contribution < 1.29 is 18.3 Å². The standard InChI is InChI=1S/C18H18F2N2O2/c19-14-5-1-12(2-6-14)16-11-22(9-10-24-16)17(18(21)23)13-3-7-15(20)8-4-13/h1-8,16-17H,9-11H2,(H2,21,23)/t16-,17-/m1/s1. The minimum atomic E-state index is -0.655. The number of rotatable bonds is 4. The molecule has 3 rings (SSSR count). The monoisotopic (exact) mass is 332 g/mol. The fourth-order valence-corrected chi connectivity index (χ4v) is 2.98. The first-order chi connectivity index (χ1) is 11.5. The van der Waals surface area contributed by atoms with E-state index in [4.69, 9.17) is 10.5 Å². The molecule has 1 fully saturated rings. The molecule has 2 N–H and O–H groups in total. The van der Waals surface area contributed by atoms with Crippen LogP contribution in [-0.4, -0.2) is 30.5 Å². The Labute approximate surface area is 138 Å². The van der Waals surface area contributed by atoms with Gasteiger partial charge in [0.15, 0.2) is 0 Å². The quantitative estimate of drug-likeness (QED) is 0.936. The zero-order chi connectivity index (χ0) is 17.1. The Kier molecular flexibility index (Phi) is 4.87. The van der Waals surface area contributed by atoms with E-state index in [0.29, 0.717) is 25.3 Å². The van der Waals surface area contributed by atoms with Crippen LogP contribution in [0.4, 0.5) is 8.78 Å². The van der Waals surface area contributed by atoms with Gasteiger partial charge in [0.05, 0.1) is 12.7 Å². The molecule has 1 aliphatic rings. The summed E-state index contributed by atoms with van der Waals surface area (Å²) in [6, 6.07) is 11.2. The van der Waals surface area contributed by atoms with Crippen molar-refractivity contribution in [3.8, 4) is 0 Å². The first-order valence-electron chi connectivity index (χ1n) is 7.70. The van der Waals surface area contributed by atoms with Crippen LogP contribution >= 0.6 is 0 Å².